The van der Waals surface area contributed by atoms with Crippen LogP contribution in [0.25, 0.3) is 11.0 Å². The van der Waals surface area contributed by atoms with Crippen molar-refractivity contribution in [2.24, 2.45) is 0 Å². The van der Waals surface area contributed by atoms with E-state index in [0.717, 1.165) is 41.4 Å². The van der Waals surface area contributed by atoms with Gasteiger partial charge in [-0.1, -0.05) is 24.9 Å². The number of fused-ring (bicyclic) bond motifs is 1. The first-order chi connectivity index (χ1) is 9.29. The summed E-state index contributed by atoms with van der Waals surface area (Å²) in [6.45, 7) is 5.17. The second-order valence-electron chi connectivity index (χ2n) is 4.91. The molecule has 1 saturated heterocycles. The van der Waals surface area contributed by atoms with E-state index < -0.39 is 0 Å². The maximum atomic E-state index is 6.39. The number of benzene rings is 1. The molecule has 0 radical (unpaired) electrons. The highest BCUT2D eigenvalue weighted by atomic mass is 35.5. The summed E-state index contributed by atoms with van der Waals surface area (Å²) >= 11 is 7.64. The number of aromatic nitrogens is 2. The van der Waals surface area contributed by atoms with Gasteiger partial charge in [0.25, 0.3) is 0 Å². The van der Waals surface area contributed by atoms with Crippen molar-refractivity contribution >= 4 is 40.0 Å². The molecule has 0 saturated carbocycles. The van der Waals surface area contributed by atoms with Crippen LogP contribution in [-0.4, -0.2) is 34.4 Å². The average Bonchev–Trinajstić information content (AvgIpc) is 2.87. The fraction of sp³-hybridized carbons (Fsp3) is 0.538. The Labute approximate surface area is 122 Å². The molecular weight excluding hydrogens is 280 g/mol. The summed E-state index contributed by atoms with van der Waals surface area (Å²) in [6.07, 6.45) is 2.39. The van der Waals surface area contributed by atoms with Crippen LogP contribution in [0.1, 0.15) is 19.8 Å². The summed E-state index contributed by atoms with van der Waals surface area (Å²) < 4.78 is 8.71. The Morgan fingerprint density at radius 1 is 1.47 bits per heavy atom. The summed E-state index contributed by atoms with van der Waals surface area (Å²) in [6, 6.07) is 4.41. The molecule has 1 fully saturated rings. The Balaban J connectivity index is 1.94. The molecule has 0 bridgehead atoms. The van der Waals surface area contributed by atoms with Gasteiger partial charge in [-0.15, -0.1) is 0 Å². The highest BCUT2D eigenvalue weighted by molar-refractivity contribution is 7.00. The van der Waals surface area contributed by atoms with Gasteiger partial charge in [0, 0.05) is 25.7 Å². The quantitative estimate of drug-likeness (QED) is 0.945. The predicted octanol–water partition coefficient (Wildman–Crippen LogP) is 2.92. The van der Waals surface area contributed by atoms with E-state index in [9.17, 15) is 0 Å². The van der Waals surface area contributed by atoms with Crippen molar-refractivity contribution in [1.82, 2.24) is 14.1 Å². The Kier molecular flexibility index (Phi) is 3.86. The predicted molar refractivity (Wildman–Crippen MR) is 81.3 cm³/mol. The van der Waals surface area contributed by atoms with Crippen molar-refractivity contribution in [3.8, 4) is 0 Å². The van der Waals surface area contributed by atoms with E-state index in [1.807, 2.05) is 12.1 Å². The van der Waals surface area contributed by atoms with Crippen molar-refractivity contribution in [2.45, 2.75) is 25.8 Å². The second kappa shape index (κ2) is 5.61. The van der Waals surface area contributed by atoms with Crippen LogP contribution in [-0.2, 0) is 0 Å². The normalized spacial score (nSPS) is 20.1. The molecule has 2 heterocycles. The molecule has 3 rings (SSSR count). The van der Waals surface area contributed by atoms with Crippen molar-refractivity contribution in [2.75, 3.05) is 24.5 Å². The molecule has 6 heteroatoms. The maximum absolute atomic E-state index is 6.39. The number of nitrogens with one attached hydrogen (secondary N) is 1. The zero-order valence-electron chi connectivity index (χ0n) is 10.9. The lowest BCUT2D eigenvalue weighted by molar-refractivity contribution is 0.431. The molecule has 2 aromatic rings. The number of rotatable bonds is 3. The third kappa shape index (κ3) is 2.55. The molecule has 102 valence electrons. The van der Waals surface area contributed by atoms with E-state index >= 15 is 0 Å². The number of piperazine rings is 1. The highest BCUT2D eigenvalue weighted by Crippen LogP contribution is 2.33. The van der Waals surface area contributed by atoms with Crippen molar-refractivity contribution in [3.05, 3.63) is 17.2 Å². The van der Waals surface area contributed by atoms with E-state index in [4.69, 9.17) is 11.6 Å². The Morgan fingerprint density at radius 2 is 2.37 bits per heavy atom. The van der Waals surface area contributed by atoms with Gasteiger partial charge in [0.05, 0.1) is 22.4 Å². The molecule has 1 aromatic heterocycles. The van der Waals surface area contributed by atoms with Crippen LogP contribution < -0.4 is 10.2 Å². The monoisotopic (exact) mass is 296 g/mol. The van der Waals surface area contributed by atoms with Crippen molar-refractivity contribution < 1.29 is 0 Å². The van der Waals surface area contributed by atoms with Gasteiger partial charge in [-0.3, -0.25) is 0 Å². The molecule has 1 N–H and O–H groups in total. The number of anilines is 1. The molecule has 0 aliphatic carbocycles. The van der Waals surface area contributed by atoms with Crippen LogP contribution >= 0.6 is 23.3 Å². The minimum atomic E-state index is 0.539. The first-order valence-corrected chi connectivity index (χ1v) is 7.79. The van der Waals surface area contributed by atoms with Crippen LogP contribution in [0.2, 0.25) is 5.02 Å². The van der Waals surface area contributed by atoms with Crippen molar-refractivity contribution in [3.63, 3.8) is 0 Å². The van der Waals surface area contributed by atoms with Crippen LogP contribution in [0.5, 0.6) is 0 Å². The second-order valence-corrected chi connectivity index (χ2v) is 5.85. The fourth-order valence-electron chi connectivity index (χ4n) is 2.68. The smallest absolute Gasteiger partial charge is 0.129 e. The van der Waals surface area contributed by atoms with E-state index in [2.05, 4.69) is 25.9 Å². The highest BCUT2D eigenvalue weighted by Gasteiger charge is 2.23. The standard InChI is InChI=1S/C13H17ClN4S/c1-2-3-9-8-18(7-6-15-9)13-10(14)4-5-11-12(13)17-19-16-11/h4-5,9,15H,2-3,6-8H2,1H3. The first kappa shape index (κ1) is 13.1. The number of nitrogens with zero attached hydrogens (tertiary/aromatic N) is 3. The van der Waals surface area contributed by atoms with Gasteiger partial charge in [-0.25, -0.2) is 0 Å². The molecule has 1 aliphatic rings. The van der Waals surface area contributed by atoms with Gasteiger partial charge >= 0.3 is 0 Å². The summed E-state index contributed by atoms with van der Waals surface area (Å²) in [5, 5.41) is 4.34. The summed E-state index contributed by atoms with van der Waals surface area (Å²) in [4.78, 5) is 2.35. The Hall–Kier alpha value is -0.910. The van der Waals surface area contributed by atoms with Gasteiger partial charge in [0.2, 0.25) is 0 Å². The summed E-state index contributed by atoms with van der Waals surface area (Å²) in [7, 11) is 0. The molecular formula is C13H17ClN4S. The largest absolute Gasteiger partial charge is 0.366 e. The lowest BCUT2D eigenvalue weighted by atomic mass is 10.1. The Bertz CT molecular complexity index is 569. The average molecular weight is 297 g/mol. The molecule has 1 unspecified atom stereocenters. The summed E-state index contributed by atoms with van der Waals surface area (Å²) in [5.74, 6) is 0. The van der Waals surface area contributed by atoms with Gasteiger partial charge in [-0.05, 0) is 18.6 Å². The molecule has 1 aromatic carbocycles. The van der Waals surface area contributed by atoms with Crippen LogP contribution in [0.3, 0.4) is 0 Å². The maximum Gasteiger partial charge on any atom is 0.129 e. The van der Waals surface area contributed by atoms with E-state index in [-0.39, 0.29) is 0 Å². The lowest BCUT2D eigenvalue weighted by Gasteiger charge is -2.35. The third-order valence-electron chi connectivity index (χ3n) is 3.56. The van der Waals surface area contributed by atoms with Gasteiger partial charge in [-0.2, -0.15) is 8.75 Å². The molecule has 1 aliphatic heterocycles. The zero-order valence-corrected chi connectivity index (χ0v) is 12.5. The fourth-order valence-corrected chi connectivity index (χ4v) is 3.49. The number of hydrogen-bond acceptors (Lipinski definition) is 5. The minimum Gasteiger partial charge on any atom is -0.366 e. The first-order valence-electron chi connectivity index (χ1n) is 6.68. The summed E-state index contributed by atoms with van der Waals surface area (Å²) in [5.41, 5.74) is 2.93. The van der Waals surface area contributed by atoms with Crippen LogP contribution in [0.15, 0.2) is 12.1 Å². The molecule has 0 spiro atoms. The molecule has 19 heavy (non-hydrogen) atoms. The SMILES string of the molecule is CCCC1CN(c2c(Cl)ccc3nsnc23)CCN1. The van der Waals surface area contributed by atoms with Gasteiger partial charge in [0.15, 0.2) is 0 Å². The Morgan fingerprint density at radius 3 is 3.21 bits per heavy atom. The number of hydrogen-bond donors (Lipinski definition) is 1. The lowest BCUT2D eigenvalue weighted by Crippen LogP contribution is -2.50. The van der Waals surface area contributed by atoms with Gasteiger partial charge in [0.1, 0.15) is 11.0 Å². The number of halogens is 1. The van der Waals surface area contributed by atoms with E-state index in [1.165, 1.54) is 24.6 Å². The van der Waals surface area contributed by atoms with Crippen LogP contribution in [0.4, 0.5) is 5.69 Å². The molecule has 0 amide bonds. The van der Waals surface area contributed by atoms with Crippen LogP contribution in [0, 0.1) is 0 Å². The van der Waals surface area contributed by atoms with E-state index in [0.29, 0.717) is 6.04 Å². The molecule has 4 nitrogen and oxygen atoms in total. The zero-order chi connectivity index (χ0) is 13.2. The van der Waals surface area contributed by atoms with Gasteiger partial charge < -0.3 is 10.2 Å². The minimum absolute atomic E-state index is 0.539. The topological polar surface area (TPSA) is 41.1 Å². The van der Waals surface area contributed by atoms with E-state index in [1.54, 1.807) is 0 Å². The van der Waals surface area contributed by atoms with Crippen molar-refractivity contribution in [1.29, 1.82) is 0 Å². The third-order valence-corrected chi connectivity index (χ3v) is 4.41. The molecule has 1 atom stereocenters.